The molecule has 0 aromatic carbocycles. The third kappa shape index (κ3) is 5.93. The summed E-state index contributed by atoms with van der Waals surface area (Å²) in [6, 6.07) is 0. The first-order chi connectivity index (χ1) is 9.93. The number of hydrogen-bond acceptors (Lipinski definition) is 4. The number of rotatable bonds is 10. The SMILES string of the molecule is CC(CC(CC(C)C(=O)O)C(C)C(O)C(C)(C)CO)C(=O)O. The van der Waals surface area contributed by atoms with Gasteiger partial charge in [-0.05, 0) is 24.7 Å². The van der Waals surface area contributed by atoms with Gasteiger partial charge in [-0.2, -0.15) is 0 Å². The van der Waals surface area contributed by atoms with Crippen LogP contribution in [-0.2, 0) is 9.59 Å². The predicted molar refractivity (Wildman–Crippen MR) is 82.4 cm³/mol. The molecule has 0 fully saturated rings. The summed E-state index contributed by atoms with van der Waals surface area (Å²) in [6.07, 6.45) is -0.246. The number of carboxylic acids is 2. The molecule has 0 aliphatic carbocycles. The van der Waals surface area contributed by atoms with E-state index < -0.39 is 35.3 Å². The maximum Gasteiger partial charge on any atom is 0.306 e. The van der Waals surface area contributed by atoms with Crippen LogP contribution in [0.15, 0.2) is 0 Å². The molecule has 0 aromatic rings. The van der Waals surface area contributed by atoms with Gasteiger partial charge in [0.2, 0.25) is 0 Å². The van der Waals surface area contributed by atoms with Crippen molar-refractivity contribution in [2.75, 3.05) is 6.61 Å². The van der Waals surface area contributed by atoms with E-state index in [0.29, 0.717) is 12.8 Å². The van der Waals surface area contributed by atoms with Crippen molar-refractivity contribution in [1.29, 1.82) is 0 Å². The van der Waals surface area contributed by atoms with E-state index in [1.54, 1.807) is 34.6 Å². The Labute approximate surface area is 132 Å². The monoisotopic (exact) mass is 318 g/mol. The van der Waals surface area contributed by atoms with E-state index in [1.807, 2.05) is 0 Å². The Morgan fingerprint density at radius 1 is 0.955 bits per heavy atom. The summed E-state index contributed by atoms with van der Waals surface area (Å²) >= 11 is 0. The van der Waals surface area contributed by atoms with E-state index in [2.05, 4.69) is 0 Å². The fraction of sp³-hybridized carbons (Fsp3) is 0.875. The molecule has 130 valence electrons. The third-order valence-corrected chi connectivity index (χ3v) is 4.61. The van der Waals surface area contributed by atoms with Crippen LogP contribution in [0.1, 0.15) is 47.5 Å². The second-order valence-electron chi connectivity index (χ2n) is 7.16. The van der Waals surface area contributed by atoms with Crippen molar-refractivity contribution in [3.05, 3.63) is 0 Å². The van der Waals surface area contributed by atoms with Crippen LogP contribution < -0.4 is 0 Å². The summed E-state index contributed by atoms with van der Waals surface area (Å²) < 4.78 is 0. The van der Waals surface area contributed by atoms with E-state index in [-0.39, 0.29) is 18.4 Å². The van der Waals surface area contributed by atoms with Crippen molar-refractivity contribution in [2.24, 2.45) is 29.1 Å². The average Bonchev–Trinajstić information content (AvgIpc) is 2.44. The van der Waals surface area contributed by atoms with Gasteiger partial charge < -0.3 is 20.4 Å². The first-order valence-corrected chi connectivity index (χ1v) is 7.68. The zero-order valence-electron chi connectivity index (χ0n) is 14.1. The van der Waals surface area contributed by atoms with E-state index >= 15 is 0 Å². The Bertz CT molecular complexity index is 357. The molecule has 4 unspecified atom stereocenters. The van der Waals surface area contributed by atoms with Gasteiger partial charge in [0.05, 0.1) is 24.5 Å². The van der Waals surface area contributed by atoms with E-state index in [4.69, 9.17) is 10.2 Å². The highest BCUT2D eigenvalue weighted by atomic mass is 16.4. The van der Waals surface area contributed by atoms with Crippen LogP contribution in [0.5, 0.6) is 0 Å². The maximum absolute atomic E-state index is 11.1. The lowest BCUT2D eigenvalue weighted by molar-refractivity contribution is -0.143. The average molecular weight is 318 g/mol. The summed E-state index contributed by atoms with van der Waals surface area (Å²) in [5.41, 5.74) is -0.726. The quantitative estimate of drug-likeness (QED) is 0.488. The van der Waals surface area contributed by atoms with Gasteiger partial charge in [0.1, 0.15) is 0 Å². The highest BCUT2D eigenvalue weighted by Crippen LogP contribution is 2.35. The van der Waals surface area contributed by atoms with Gasteiger partial charge in [0.15, 0.2) is 0 Å². The molecule has 0 saturated heterocycles. The first-order valence-electron chi connectivity index (χ1n) is 7.68. The van der Waals surface area contributed by atoms with Crippen molar-refractivity contribution in [1.82, 2.24) is 0 Å². The molecular weight excluding hydrogens is 288 g/mol. The molecule has 0 aromatic heterocycles. The van der Waals surface area contributed by atoms with Crippen LogP contribution in [0.25, 0.3) is 0 Å². The highest BCUT2D eigenvalue weighted by molar-refractivity contribution is 5.70. The fourth-order valence-electron chi connectivity index (χ4n) is 2.70. The fourth-order valence-corrected chi connectivity index (χ4v) is 2.70. The Morgan fingerprint density at radius 3 is 1.59 bits per heavy atom. The standard InChI is InChI=1S/C16H30O6/c1-9(14(19)20)6-12(7-10(2)15(21)22)11(3)13(18)16(4,5)8-17/h9-13,17-18H,6-8H2,1-5H3,(H,19,20)(H,21,22). The van der Waals surface area contributed by atoms with Crippen molar-refractivity contribution in [3.63, 3.8) is 0 Å². The molecule has 6 nitrogen and oxygen atoms in total. The van der Waals surface area contributed by atoms with Crippen LogP contribution in [0.3, 0.4) is 0 Å². The zero-order chi connectivity index (χ0) is 17.7. The molecule has 0 bridgehead atoms. The molecule has 0 rings (SSSR count). The molecule has 0 spiro atoms. The van der Waals surface area contributed by atoms with Gasteiger partial charge in [-0.25, -0.2) is 0 Å². The van der Waals surface area contributed by atoms with Gasteiger partial charge in [-0.1, -0.05) is 34.6 Å². The van der Waals surface area contributed by atoms with Crippen LogP contribution in [0.4, 0.5) is 0 Å². The van der Waals surface area contributed by atoms with Gasteiger partial charge >= 0.3 is 11.9 Å². The Hall–Kier alpha value is -1.14. The minimum atomic E-state index is -0.934. The number of carboxylic acid groups (broad SMARTS) is 2. The van der Waals surface area contributed by atoms with E-state index in [9.17, 15) is 19.8 Å². The number of carbonyl (C=O) groups is 2. The van der Waals surface area contributed by atoms with Crippen LogP contribution >= 0.6 is 0 Å². The summed E-state index contributed by atoms with van der Waals surface area (Å²) in [4.78, 5) is 22.2. The van der Waals surface area contributed by atoms with Crippen molar-refractivity contribution in [3.8, 4) is 0 Å². The lowest BCUT2D eigenvalue weighted by atomic mass is 9.71. The Kier molecular flexibility index (Phi) is 8.04. The number of aliphatic carboxylic acids is 2. The summed E-state index contributed by atoms with van der Waals surface area (Å²) in [7, 11) is 0. The normalized spacial score (nSPS) is 19.0. The Morgan fingerprint density at radius 2 is 1.32 bits per heavy atom. The minimum Gasteiger partial charge on any atom is -0.481 e. The second kappa shape index (κ2) is 8.48. The zero-order valence-corrected chi connectivity index (χ0v) is 14.1. The van der Waals surface area contributed by atoms with Gasteiger partial charge in [0, 0.05) is 5.41 Å². The highest BCUT2D eigenvalue weighted by Gasteiger charge is 2.37. The molecule has 22 heavy (non-hydrogen) atoms. The first kappa shape index (κ1) is 20.9. The molecule has 0 heterocycles. The third-order valence-electron chi connectivity index (χ3n) is 4.61. The van der Waals surface area contributed by atoms with Crippen LogP contribution in [0.2, 0.25) is 0 Å². The molecule has 0 saturated carbocycles. The lowest BCUT2D eigenvalue weighted by Gasteiger charge is -2.38. The van der Waals surface area contributed by atoms with E-state index in [1.165, 1.54) is 0 Å². The van der Waals surface area contributed by atoms with Crippen molar-refractivity contribution < 1.29 is 30.0 Å². The van der Waals surface area contributed by atoms with Crippen LogP contribution in [-0.4, -0.2) is 45.1 Å². The van der Waals surface area contributed by atoms with Crippen LogP contribution in [0, 0.1) is 29.1 Å². The smallest absolute Gasteiger partial charge is 0.306 e. The molecule has 0 aliphatic rings. The predicted octanol–water partition coefficient (Wildman–Crippen LogP) is 1.84. The molecule has 4 atom stereocenters. The number of hydrogen-bond donors (Lipinski definition) is 4. The van der Waals surface area contributed by atoms with Crippen molar-refractivity contribution >= 4 is 11.9 Å². The van der Waals surface area contributed by atoms with Gasteiger partial charge in [-0.3, -0.25) is 9.59 Å². The second-order valence-corrected chi connectivity index (χ2v) is 7.16. The maximum atomic E-state index is 11.1. The minimum absolute atomic E-state index is 0.200. The summed E-state index contributed by atoms with van der Waals surface area (Å²) in [6.45, 7) is 8.21. The summed E-state index contributed by atoms with van der Waals surface area (Å²) in [5, 5.41) is 38.0. The lowest BCUT2D eigenvalue weighted by Crippen LogP contribution is -2.41. The molecule has 0 aliphatic heterocycles. The molecule has 6 heteroatoms. The topological polar surface area (TPSA) is 115 Å². The molecular formula is C16H30O6. The summed E-state index contributed by atoms with van der Waals surface area (Å²) in [5.74, 6) is -3.66. The van der Waals surface area contributed by atoms with Crippen molar-refractivity contribution in [2.45, 2.75) is 53.6 Å². The molecule has 0 amide bonds. The number of aliphatic hydroxyl groups excluding tert-OH is 2. The molecule has 0 radical (unpaired) electrons. The largest absolute Gasteiger partial charge is 0.481 e. The van der Waals surface area contributed by atoms with Gasteiger partial charge in [0.25, 0.3) is 0 Å². The van der Waals surface area contributed by atoms with E-state index in [0.717, 1.165) is 0 Å². The van der Waals surface area contributed by atoms with Gasteiger partial charge in [-0.15, -0.1) is 0 Å². The molecule has 4 N–H and O–H groups in total. The Balaban J connectivity index is 5.19. The number of aliphatic hydroxyl groups is 2.